The molecule has 0 spiro atoms. The molecule has 0 aliphatic heterocycles. The molecule has 0 bridgehead atoms. The summed E-state index contributed by atoms with van der Waals surface area (Å²) < 4.78 is 0. The van der Waals surface area contributed by atoms with Crippen molar-refractivity contribution in [2.75, 3.05) is 0 Å². The van der Waals surface area contributed by atoms with Crippen LogP contribution in [0.15, 0.2) is 18.2 Å². The molecule has 1 fully saturated rings. The highest BCUT2D eigenvalue weighted by Gasteiger charge is 2.40. The molecule has 102 valence electrons. The number of benzene rings is 1. The van der Waals surface area contributed by atoms with Crippen molar-refractivity contribution >= 4 is 23.2 Å². The normalized spacial score (nSPS) is 20.3. The summed E-state index contributed by atoms with van der Waals surface area (Å²) in [4.78, 5) is 0. The zero-order valence-corrected chi connectivity index (χ0v) is 12.2. The lowest BCUT2D eigenvalue weighted by atomic mass is 9.74. The first-order valence-corrected chi connectivity index (χ1v) is 7.39. The van der Waals surface area contributed by atoms with Gasteiger partial charge in [0.15, 0.2) is 0 Å². The van der Waals surface area contributed by atoms with Crippen LogP contribution in [0.4, 0.5) is 0 Å². The molecule has 0 heterocycles. The van der Waals surface area contributed by atoms with Crippen molar-refractivity contribution < 1.29 is 5.11 Å². The minimum atomic E-state index is -0.847. The third-order valence-electron chi connectivity index (χ3n) is 4.00. The lowest BCUT2D eigenvalue weighted by Gasteiger charge is -2.31. The molecule has 1 aromatic rings. The van der Waals surface area contributed by atoms with Gasteiger partial charge in [0, 0.05) is 15.6 Å². The number of aliphatic hydroxyl groups excluding tert-OH is 1. The Morgan fingerprint density at radius 3 is 2.32 bits per heavy atom. The monoisotopic (exact) mass is 297 g/mol. The SMILES string of the molecule is N#CC1(C(O)c2ccc(Cl)cc2Cl)CCCCCC1. The molecule has 1 N–H and O–H groups in total. The second-order valence-corrected chi connectivity index (χ2v) is 6.09. The fourth-order valence-electron chi connectivity index (χ4n) is 2.83. The summed E-state index contributed by atoms with van der Waals surface area (Å²) in [5.41, 5.74) is -0.108. The number of hydrogen-bond donors (Lipinski definition) is 1. The van der Waals surface area contributed by atoms with Crippen LogP contribution in [0, 0.1) is 16.7 Å². The number of hydrogen-bond acceptors (Lipinski definition) is 2. The average molecular weight is 298 g/mol. The van der Waals surface area contributed by atoms with E-state index in [2.05, 4.69) is 6.07 Å². The van der Waals surface area contributed by atoms with Gasteiger partial charge in [0.1, 0.15) is 0 Å². The third-order valence-corrected chi connectivity index (χ3v) is 4.56. The summed E-state index contributed by atoms with van der Waals surface area (Å²) in [7, 11) is 0. The number of halogens is 2. The maximum Gasteiger partial charge on any atom is 0.0990 e. The molecule has 1 unspecified atom stereocenters. The van der Waals surface area contributed by atoms with Crippen LogP contribution >= 0.6 is 23.2 Å². The maximum absolute atomic E-state index is 10.6. The molecule has 4 heteroatoms. The minimum absolute atomic E-state index is 0.430. The molecule has 1 aromatic carbocycles. The van der Waals surface area contributed by atoms with Crippen molar-refractivity contribution in [3.63, 3.8) is 0 Å². The second-order valence-electron chi connectivity index (χ2n) is 5.25. The van der Waals surface area contributed by atoms with Gasteiger partial charge >= 0.3 is 0 Å². The first-order chi connectivity index (χ1) is 9.09. The van der Waals surface area contributed by atoms with Crippen LogP contribution in [0.25, 0.3) is 0 Å². The molecule has 0 saturated heterocycles. The average Bonchev–Trinajstić information content (AvgIpc) is 2.64. The minimum Gasteiger partial charge on any atom is -0.387 e. The van der Waals surface area contributed by atoms with Gasteiger partial charge in [-0.1, -0.05) is 55.0 Å². The fourth-order valence-corrected chi connectivity index (χ4v) is 3.34. The van der Waals surface area contributed by atoms with Crippen LogP contribution in [0.5, 0.6) is 0 Å². The van der Waals surface area contributed by atoms with E-state index < -0.39 is 11.5 Å². The number of aliphatic hydroxyl groups is 1. The number of nitriles is 1. The molecule has 0 radical (unpaired) electrons. The molecule has 0 amide bonds. The zero-order chi connectivity index (χ0) is 13.9. The summed E-state index contributed by atoms with van der Waals surface area (Å²) in [5, 5.41) is 21.2. The number of nitrogens with zero attached hydrogens (tertiary/aromatic N) is 1. The Kier molecular flexibility index (Phi) is 4.73. The van der Waals surface area contributed by atoms with Crippen LogP contribution < -0.4 is 0 Å². The summed E-state index contributed by atoms with van der Waals surface area (Å²) in [6, 6.07) is 7.39. The summed E-state index contributed by atoms with van der Waals surface area (Å²) >= 11 is 12.0. The van der Waals surface area contributed by atoms with Crippen molar-refractivity contribution in [1.82, 2.24) is 0 Å². The molecular weight excluding hydrogens is 281 g/mol. The van der Waals surface area contributed by atoms with Crippen LogP contribution in [-0.4, -0.2) is 5.11 Å². The molecule has 2 rings (SSSR count). The predicted molar refractivity (Wildman–Crippen MR) is 77.2 cm³/mol. The Balaban J connectivity index is 2.34. The highest BCUT2D eigenvalue weighted by molar-refractivity contribution is 6.35. The van der Waals surface area contributed by atoms with Gasteiger partial charge in [-0.15, -0.1) is 0 Å². The fraction of sp³-hybridized carbons (Fsp3) is 0.533. The predicted octanol–water partition coefficient (Wildman–Crippen LogP) is 4.89. The molecule has 0 aromatic heterocycles. The quantitative estimate of drug-likeness (QED) is 0.790. The van der Waals surface area contributed by atoms with Crippen LogP contribution in [-0.2, 0) is 0 Å². The van der Waals surface area contributed by atoms with Gasteiger partial charge in [-0.2, -0.15) is 5.26 Å². The van der Waals surface area contributed by atoms with Gasteiger partial charge in [-0.05, 0) is 25.0 Å². The van der Waals surface area contributed by atoms with E-state index in [1.54, 1.807) is 18.2 Å². The lowest BCUT2D eigenvalue weighted by molar-refractivity contribution is 0.0517. The van der Waals surface area contributed by atoms with E-state index in [1.807, 2.05) is 0 Å². The largest absolute Gasteiger partial charge is 0.387 e. The van der Waals surface area contributed by atoms with E-state index in [4.69, 9.17) is 23.2 Å². The molecule has 19 heavy (non-hydrogen) atoms. The van der Waals surface area contributed by atoms with E-state index in [0.29, 0.717) is 15.6 Å². The smallest absolute Gasteiger partial charge is 0.0990 e. The van der Waals surface area contributed by atoms with Gasteiger partial charge in [-0.25, -0.2) is 0 Å². The first-order valence-electron chi connectivity index (χ1n) is 6.63. The van der Waals surface area contributed by atoms with Crippen molar-refractivity contribution in [3.8, 4) is 6.07 Å². The Morgan fingerprint density at radius 2 is 1.79 bits per heavy atom. The van der Waals surface area contributed by atoms with Gasteiger partial charge in [-0.3, -0.25) is 0 Å². The Labute approximate surface area is 124 Å². The van der Waals surface area contributed by atoms with Crippen LogP contribution in [0.2, 0.25) is 10.0 Å². The summed E-state index contributed by atoms with van der Waals surface area (Å²) in [6.07, 6.45) is 4.83. The van der Waals surface area contributed by atoms with Crippen molar-refractivity contribution in [3.05, 3.63) is 33.8 Å². The standard InChI is InChI=1S/C15H17Cl2NO/c16-11-5-6-12(13(17)9-11)14(19)15(10-18)7-3-1-2-4-8-15/h5-6,9,14,19H,1-4,7-8H2. The first kappa shape index (κ1) is 14.7. The van der Waals surface area contributed by atoms with E-state index in [1.165, 1.54) is 0 Å². The van der Waals surface area contributed by atoms with Gasteiger partial charge < -0.3 is 5.11 Å². The van der Waals surface area contributed by atoms with Crippen molar-refractivity contribution in [2.24, 2.45) is 5.41 Å². The molecule has 1 saturated carbocycles. The second kappa shape index (κ2) is 6.13. The van der Waals surface area contributed by atoms with E-state index >= 15 is 0 Å². The molecule has 1 aliphatic carbocycles. The zero-order valence-electron chi connectivity index (χ0n) is 10.7. The topological polar surface area (TPSA) is 44.0 Å². The molecular formula is C15H17Cl2NO. The van der Waals surface area contributed by atoms with Crippen molar-refractivity contribution in [2.45, 2.75) is 44.6 Å². The van der Waals surface area contributed by atoms with E-state index in [0.717, 1.165) is 38.5 Å². The Hall–Kier alpha value is -0.750. The highest BCUT2D eigenvalue weighted by atomic mass is 35.5. The van der Waals surface area contributed by atoms with Gasteiger partial charge in [0.2, 0.25) is 0 Å². The molecule has 1 atom stereocenters. The van der Waals surface area contributed by atoms with Crippen LogP contribution in [0.1, 0.15) is 50.2 Å². The summed E-state index contributed by atoms with van der Waals surface area (Å²) in [6.45, 7) is 0. The van der Waals surface area contributed by atoms with Crippen LogP contribution in [0.3, 0.4) is 0 Å². The van der Waals surface area contributed by atoms with E-state index in [9.17, 15) is 10.4 Å². The Morgan fingerprint density at radius 1 is 1.16 bits per heavy atom. The summed E-state index contributed by atoms with van der Waals surface area (Å²) in [5.74, 6) is 0. The third kappa shape index (κ3) is 3.05. The number of rotatable bonds is 2. The van der Waals surface area contributed by atoms with Gasteiger partial charge in [0.05, 0.1) is 17.6 Å². The van der Waals surface area contributed by atoms with Gasteiger partial charge in [0.25, 0.3) is 0 Å². The van der Waals surface area contributed by atoms with E-state index in [-0.39, 0.29) is 0 Å². The molecule has 2 nitrogen and oxygen atoms in total. The lowest BCUT2D eigenvalue weighted by Crippen LogP contribution is -2.27. The highest BCUT2D eigenvalue weighted by Crippen LogP contribution is 2.46. The molecule has 1 aliphatic rings. The maximum atomic E-state index is 10.6. The Bertz CT molecular complexity index is 487. The van der Waals surface area contributed by atoms with Crippen molar-refractivity contribution in [1.29, 1.82) is 5.26 Å².